The quantitative estimate of drug-likeness (QED) is 0.623. The molecule has 1 rings (SSSR count). The van der Waals surface area contributed by atoms with Crippen LogP contribution in [0.5, 0.6) is 0 Å². The maximum absolute atomic E-state index is 5.12. The maximum atomic E-state index is 5.12. The van der Waals surface area contributed by atoms with Crippen molar-refractivity contribution in [2.75, 3.05) is 40.5 Å². The Balaban J connectivity index is 2.52. The van der Waals surface area contributed by atoms with Gasteiger partial charge in [0.25, 0.3) is 0 Å². The Morgan fingerprint density at radius 3 is 2.55 bits per heavy atom. The number of halogens is 1. The molecule has 0 aromatic heterocycles. The van der Waals surface area contributed by atoms with Crippen molar-refractivity contribution in [2.45, 2.75) is 25.2 Å². The lowest BCUT2D eigenvalue weighted by Gasteiger charge is -2.19. The zero-order chi connectivity index (χ0) is 14.6. The van der Waals surface area contributed by atoms with Gasteiger partial charge < -0.3 is 14.8 Å². The summed E-state index contributed by atoms with van der Waals surface area (Å²) in [6.45, 7) is 3.49. The monoisotopic (exact) mass is 343 g/mol. The SMILES string of the molecule is COCCCCC(CNCCOC)c1ccccc1Br. The molecule has 1 atom stereocenters. The summed E-state index contributed by atoms with van der Waals surface area (Å²) >= 11 is 3.67. The summed E-state index contributed by atoms with van der Waals surface area (Å²) in [5.74, 6) is 0.527. The Hall–Kier alpha value is -0.420. The van der Waals surface area contributed by atoms with Crippen LogP contribution >= 0.6 is 15.9 Å². The molecule has 0 aliphatic rings. The fraction of sp³-hybridized carbons (Fsp3) is 0.625. The summed E-state index contributed by atoms with van der Waals surface area (Å²) in [5.41, 5.74) is 1.38. The fourth-order valence-electron chi connectivity index (χ4n) is 2.26. The molecule has 20 heavy (non-hydrogen) atoms. The molecule has 114 valence electrons. The van der Waals surface area contributed by atoms with Gasteiger partial charge in [0, 0.05) is 38.4 Å². The highest BCUT2D eigenvalue weighted by Gasteiger charge is 2.13. The van der Waals surface area contributed by atoms with Crippen LogP contribution in [0.2, 0.25) is 0 Å². The smallest absolute Gasteiger partial charge is 0.0587 e. The molecular formula is C16H26BrNO2. The largest absolute Gasteiger partial charge is 0.385 e. The third kappa shape index (κ3) is 6.84. The highest BCUT2D eigenvalue weighted by atomic mass is 79.9. The second-order valence-electron chi connectivity index (χ2n) is 4.90. The Morgan fingerprint density at radius 2 is 1.85 bits per heavy atom. The van der Waals surface area contributed by atoms with Crippen LogP contribution in [0.4, 0.5) is 0 Å². The summed E-state index contributed by atoms with van der Waals surface area (Å²) in [4.78, 5) is 0. The van der Waals surface area contributed by atoms with Gasteiger partial charge in [0.1, 0.15) is 0 Å². The Labute approximate surface area is 131 Å². The highest BCUT2D eigenvalue weighted by molar-refractivity contribution is 9.10. The minimum absolute atomic E-state index is 0.527. The summed E-state index contributed by atoms with van der Waals surface area (Å²) < 4.78 is 11.4. The van der Waals surface area contributed by atoms with Gasteiger partial charge in [-0.15, -0.1) is 0 Å². The van der Waals surface area contributed by atoms with E-state index < -0.39 is 0 Å². The van der Waals surface area contributed by atoms with Gasteiger partial charge in [0.2, 0.25) is 0 Å². The summed E-state index contributed by atoms with van der Waals surface area (Å²) in [5, 5.41) is 3.48. The van der Waals surface area contributed by atoms with Gasteiger partial charge >= 0.3 is 0 Å². The van der Waals surface area contributed by atoms with Gasteiger partial charge in [-0.25, -0.2) is 0 Å². The number of hydrogen-bond acceptors (Lipinski definition) is 3. The topological polar surface area (TPSA) is 30.5 Å². The Kier molecular flexibility index (Phi) is 9.93. The maximum Gasteiger partial charge on any atom is 0.0587 e. The van der Waals surface area contributed by atoms with Gasteiger partial charge in [-0.05, 0) is 30.4 Å². The van der Waals surface area contributed by atoms with Crippen LogP contribution in [0.1, 0.15) is 30.7 Å². The Bertz CT molecular complexity index is 348. The average Bonchev–Trinajstić information content (AvgIpc) is 2.46. The molecule has 0 saturated heterocycles. The minimum atomic E-state index is 0.527. The molecule has 0 aliphatic heterocycles. The van der Waals surface area contributed by atoms with Crippen molar-refractivity contribution in [1.29, 1.82) is 0 Å². The molecule has 0 radical (unpaired) electrons. The summed E-state index contributed by atoms with van der Waals surface area (Å²) in [7, 11) is 3.50. The first kappa shape index (κ1) is 17.6. The molecule has 1 N–H and O–H groups in total. The standard InChI is InChI=1S/C16H26BrNO2/c1-19-11-6-5-7-14(13-18-10-12-20-2)15-8-3-4-9-16(15)17/h3-4,8-9,14,18H,5-7,10-13H2,1-2H3. The first-order chi connectivity index (χ1) is 9.79. The normalized spacial score (nSPS) is 12.6. The van der Waals surface area contributed by atoms with Crippen LogP contribution in [0.25, 0.3) is 0 Å². The molecular weight excluding hydrogens is 318 g/mol. The average molecular weight is 344 g/mol. The van der Waals surface area contributed by atoms with Gasteiger partial charge in [0.15, 0.2) is 0 Å². The third-order valence-electron chi connectivity index (χ3n) is 3.37. The number of benzene rings is 1. The minimum Gasteiger partial charge on any atom is -0.385 e. The van der Waals surface area contributed by atoms with Crippen molar-refractivity contribution in [1.82, 2.24) is 5.32 Å². The van der Waals surface area contributed by atoms with E-state index >= 15 is 0 Å². The molecule has 0 aliphatic carbocycles. The fourth-order valence-corrected chi connectivity index (χ4v) is 2.87. The van der Waals surface area contributed by atoms with Crippen LogP contribution in [0.3, 0.4) is 0 Å². The zero-order valence-corrected chi connectivity index (χ0v) is 14.1. The molecule has 0 spiro atoms. The first-order valence-electron chi connectivity index (χ1n) is 7.22. The molecule has 0 heterocycles. The molecule has 1 unspecified atom stereocenters. The van der Waals surface area contributed by atoms with E-state index in [2.05, 4.69) is 45.5 Å². The molecule has 3 nitrogen and oxygen atoms in total. The van der Waals surface area contributed by atoms with Crippen molar-refractivity contribution in [3.05, 3.63) is 34.3 Å². The van der Waals surface area contributed by atoms with E-state index in [0.717, 1.165) is 32.7 Å². The second kappa shape index (κ2) is 11.3. The van der Waals surface area contributed by atoms with E-state index in [9.17, 15) is 0 Å². The van der Waals surface area contributed by atoms with Crippen LogP contribution in [-0.2, 0) is 9.47 Å². The lowest BCUT2D eigenvalue weighted by atomic mass is 9.93. The van der Waals surface area contributed by atoms with E-state index in [-0.39, 0.29) is 0 Å². The lowest BCUT2D eigenvalue weighted by molar-refractivity contribution is 0.190. The first-order valence-corrected chi connectivity index (χ1v) is 8.02. The molecule has 0 amide bonds. The highest BCUT2D eigenvalue weighted by Crippen LogP contribution is 2.28. The predicted octanol–water partition coefficient (Wildman–Crippen LogP) is 3.59. The predicted molar refractivity (Wildman–Crippen MR) is 87.4 cm³/mol. The number of unbranched alkanes of at least 4 members (excludes halogenated alkanes) is 1. The number of ether oxygens (including phenoxy) is 2. The third-order valence-corrected chi connectivity index (χ3v) is 4.09. The lowest BCUT2D eigenvalue weighted by Crippen LogP contribution is -2.25. The molecule has 4 heteroatoms. The van der Waals surface area contributed by atoms with Crippen molar-refractivity contribution < 1.29 is 9.47 Å². The van der Waals surface area contributed by atoms with Crippen molar-refractivity contribution >= 4 is 15.9 Å². The van der Waals surface area contributed by atoms with Crippen molar-refractivity contribution in [3.8, 4) is 0 Å². The summed E-state index contributed by atoms with van der Waals surface area (Å²) in [6, 6.07) is 8.50. The number of methoxy groups -OCH3 is 2. The molecule has 0 fully saturated rings. The van der Waals surface area contributed by atoms with E-state index in [1.165, 1.54) is 22.9 Å². The molecule has 1 aromatic rings. The van der Waals surface area contributed by atoms with E-state index in [1.54, 1.807) is 14.2 Å². The van der Waals surface area contributed by atoms with Crippen LogP contribution in [0, 0.1) is 0 Å². The number of nitrogens with one attached hydrogen (secondary N) is 1. The number of rotatable bonds is 11. The number of hydrogen-bond donors (Lipinski definition) is 1. The van der Waals surface area contributed by atoms with Gasteiger partial charge in [0.05, 0.1) is 6.61 Å². The zero-order valence-electron chi connectivity index (χ0n) is 12.5. The van der Waals surface area contributed by atoms with Gasteiger partial charge in [-0.1, -0.05) is 40.5 Å². The van der Waals surface area contributed by atoms with E-state index in [1.807, 2.05) is 0 Å². The van der Waals surface area contributed by atoms with Crippen molar-refractivity contribution in [2.24, 2.45) is 0 Å². The molecule has 0 bridgehead atoms. The van der Waals surface area contributed by atoms with Gasteiger partial charge in [-0.3, -0.25) is 0 Å². The Morgan fingerprint density at radius 1 is 1.10 bits per heavy atom. The van der Waals surface area contributed by atoms with E-state index in [4.69, 9.17) is 9.47 Å². The van der Waals surface area contributed by atoms with E-state index in [0.29, 0.717) is 5.92 Å². The van der Waals surface area contributed by atoms with Crippen LogP contribution in [-0.4, -0.2) is 40.5 Å². The second-order valence-corrected chi connectivity index (χ2v) is 5.76. The van der Waals surface area contributed by atoms with Crippen LogP contribution in [0.15, 0.2) is 28.7 Å². The summed E-state index contributed by atoms with van der Waals surface area (Å²) in [6.07, 6.45) is 3.48. The van der Waals surface area contributed by atoms with Crippen LogP contribution < -0.4 is 5.32 Å². The van der Waals surface area contributed by atoms with Gasteiger partial charge in [-0.2, -0.15) is 0 Å². The van der Waals surface area contributed by atoms with Crippen molar-refractivity contribution in [3.63, 3.8) is 0 Å². The molecule has 0 saturated carbocycles. The molecule has 1 aromatic carbocycles.